The van der Waals surface area contributed by atoms with Crippen LogP contribution in [0.2, 0.25) is 0 Å². The Morgan fingerprint density at radius 2 is 1.52 bits per heavy atom. The Morgan fingerprint density at radius 3 is 2.48 bits per heavy atom. The van der Waals surface area contributed by atoms with Gasteiger partial charge in [-0.15, -0.1) is 0 Å². The first-order valence-corrected chi connectivity index (χ1v) is 9.24. The van der Waals surface area contributed by atoms with E-state index in [0.29, 0.717) is 0 Å². The van der Waals surface area contributed by atoms with Gasteiger partial charge >= 0.3 is 0 Å². The van der Waals surface area contributed by atoms with E-state index < -0.39 is 0 Å². The number of rotatable bonds is 2. The highest BCUT2D eigenvalue weighted by Gasteiger charge is 2.08. The van der Waals surface area contributed by atoms with Crippen molar-refractivity contribution in [2.24, 2.45) is 0 Å². The van der Waals surface area contributed by atoms with Gasteiger partial charge in [0.15, 0.2) is 0 Å². The minimum atomic E-state index is 0.825. The van der Waals surface area contributed by atoms with Crippen molar-refractivity contribution in [1.82, 2.24) is 30.1 Å². The van der Waals surface area contributed by atoms with Gasteiger partial charge in [0.1, 0.15) is 0 Å². The molecule has 0 bridgehead atoms. The van der Waals surface area contributed by atoms with Crippen LogP contribution < -0.4 is 0 Å². The lowest BCUT2D eigenvalue weighted by atomic mass is 10.1. The third-order valence-electron chi connectivity index (χ3n) is 5.10. The van der Waals surface area contributed by atoms with Gasteiger partial charge in [-0.25, -0.2) is 4.98 Å². The van der Waals surface area contributed by atoms with Crippen molar-refractivity contribution in [1.29, 1.82) is 0 Å². The molecule has 6 rings (SSSR count). The molecule has 0 amide bonds. The summed E-state index contributed by atoms with van der Waals surface area (Å²) in [6.07, 6.45) is 9.05. The van der Waals surface area contributed by atoms with Crippen LogP contribution in [-0.4, -0.2) is 30.1 Å². The second kappa shape index (κ2) is 6.17. The number of nitrogens with one attached hydrogen (secondary N) is 1. The number of fused-ring (bicyclic) bond motifs is 3. The molecule has 0 aliphatic heterocycles. The molecule has 5 aromatic heterocycles. The van der Waals surface area contributed by atoms with Crippen molar-refractivity contribution >= 4 is 32.6 Å². The van der Waals surface area contributed by atoms with E-state index in [9.17, 15) is 0 Å². The summed E-state index contributed by atoms with van der Waals surface area (Å²) in [5.41, 5.74) is 5.48. The summed E-state index contributed by atoms with van der Waals surface area (Å²) in [6, 6.07) is 16.3. The van der Waals surface area contributed by atoms with Gasteiger partial charge in [-0.05, 0) is 41.8 Å². The molecule has 0 aliphatic carbocycles. The molecule has 136 valence electrons. The third-order valence-corrected chi connectivity index (χ3v) is 5.10. The lowest BCUT2D eigenvalue weighted by molar-refractivity contribution is 1.12. The van der Waals surface area contributed by atoms with E-state index >= 15 is 0 Å². The zero-order valence-corrected chi connectivity index (χ0v) is 15.2. The van der Waals surface area contributed by atoms with Crippen molar-refractivity contribution < 1.29 is 0 Å². The molecule has 1 N–H and O–H groups in total. The first kappa shape index (κ1) is 15.8. The molecule has 0 saturated carbocycles. The number of benzene rings is 1. The van der Waals surface area contributed by atoms with Gasteiger partial charge in [0.2, 0.25) is 0 Å². The summed E-state index contributed by atoms with van der Waals surface area (Å²) in [6.45, 7) is 0. The number of hydrogen-bond acceptors (Lipinski definition) is 5. The number of pyridine rings is 4. The van der Waals surface area contributed by atoms with Crippen molar-refractivity contribution in [3.8, 4) is 22.6 Å². The topological polar surface area (TPSA) is 80.2 Å². The van der Waals surface area contributed by atoms with Crippen molar-refractivity contribution in [2.45, 2.75) is 0 Å². The fourth-order valence-electron chi connectivity index (χ4n) is 3.55. The second-order valence-electron chi connectivity index (χ2n) is 6.92. The molecule has 0 spiro atoms. The number of hydrogen-bond donors (Lipinski definition) is 1. The Morgan fingerprint density at radius 1 is 0.621 bits per heavy atom. The fourth-order valence-corrected chi connectivity index (χ4v) is 3.55. The van der Waals surface area contributed by atoms with E-state index in [1.54, 1.807) is 6.20 Å². The number of H-pyrrole nitrogens is 1. The Balaban J connectivity index is 1.42. The predicted molar refractivity (Wildman–Crippen MR) is 113 cm³/mol. The van der Waals surface area contributed by atoms with E-state index in [1.165, 1.54) is 0 Å². The third kappa shape index (κ3) is 2.70. The van der Waals surface area contributed by atoms with Gasteiger partial charge in [0.05, 0.1) is 40.5 Å². The van der Waals surface area contributed by atoms with Crippen LogP contribution in [0.15, 0.2) is 79.5 Å². The van der Waals surface area contributed by atoms with Crippen LogP contribution in [0.1, 0.15) is 0 Å². The molecular weight excluding hydrogens is 360 g/mol. The maximum Gasteiger partial charge on any atom is 0.0894 e. The van der Waals surface area contributed by atoms with Gasteiger partial charge in [-0.3, -0.25) is 20.1 Å². The lowest BCUT2D eigenvalue weighted by Crippen LogP contribution is -1.91. The molecule has 6 aromatic rings. The number of aromatic nitrogens is 6. The molecule has 0 saturated heterocycles. The van der Waals surface area contributed by atoms with Crippen LogP contribution in [0.5, 0.6) is 0 Å². The average molecular weight is 374 g/mol. The Hall–Kier alpha value is -4.19. The molecule has 0 fully saturated rings. The van der Waals surface area contributed by atoms with E-state index in [-0.39, 0.29) is 0 Å². The van der Waals surface area contributed by atoms with E-state index in [1.807, 2.05) is 61.2 Å². The smallest absolute Gasteiger partial charge is 0.0894 e. The summed E-state index contributed by atoms with van der Waals surface area (Å²) in [7, 11) is 0. The molecule has 5 heterocycles. The Bertz CT molecular complexity index is 1520. The monoisotopic (exact) mass is 374 g/mol. The van der Waals surface area contributed by atoms with Gasteiger partial charge in [0.25, 0.3) is 0 Å². The maximum absolute atomic E-state index is 4.80. The van der Waals surface area contributed by atoms with Gasteiger partial charge in [-0.2, -0.15) is 5.10 Å². The highest BCUT2D eigenvalue weighted by molar-refractivity contribution is 5.88. The maximum atomic E-state index is 4.80. The predicted octanol–water partition coefficient (Wildman–Crippen LogP) is 4.78. The molecule has 29 heavy (non-hydrogen) atoms. The van der Waals surface area contributed by atoms with E-state index in [4.69, 9.17) is 4.98 Å². The van der Waals surface area contributed by atoms with Gasteiger partial charge in [-0.1, -0.05) is 12.1 Å². The Labute approximate surface area is 165 Å². The quantitative estimate of drug-likeness (QED) is 0.472. The molecule has 0 atom stereocenters. The highest BCUT2D eigenvalue weighted by Crippen LogP contribution is 2.26. The van der Waals surface area contributed by atoms with Crippen molar-refractivity contribution in [3.63, 3.8) is 0 Å². The molecule has 6 heteroatoms. The Kier molecular flexibility index (Phi) is 3.37. The number of nitrogens with zero attached hydrogens (tertiary/aromatic N) is 5. The zero-order valence-electron chi connectivity index (χ0n) is 15.2. The lowest BCUT2D eigenvalue weighted by Gasteiger charge is -2.06. The molecule has 0 aliphatic rings. The minimum absolute atomic E-state index is 0.825. The normalized spacial score (nSPS) is 11.4. The summed E-state index contributed by atoms with van der Waals surface area (Å²) >= 11 is 0. The largest absolute Gasteiger partial charge is 0.278 e. The molecule has 0 radical (unpaired) electrons. The summed E-state index contributed by atoms with van der Waals surface area (Å²) in [5, 5.41) is 11.2. The molecule has 6 nitrogen and oxygen atoms in total. The van der Waals surface area contributed by atoms with Crippen LogP contribution in [0.25, 0.3) is 55.2 Å². The second-order valence-corrected chi connectivity index (χ2v) is 6.92. The molecular formula is C23H14N6. The molecule has 0 unspecified atom stereocenters. The zero-order chi connectivity index (χ0) is 19.2. The SMILES string of the molecule is c1cc2cc(-c3cc4ccc(-c5ccc6[nH]ncc6c5)nc4cn3)ncc2cn1. The van der Waals surface area contributed by atoms with Gasteiger partial charge in [0, 0.05) is 40.3 Å². The summed E-state index contributed by atoms with van der Waals surface area (Å²) < 4.78 is 0. The molecule has 1 aromatic carbocycles. The van der Waals surface area contributed by atoms with E-state index in [0.717, 1.165) is 55.2 Å². The fraction of sp³-hybridized carbons (Fsp3) is 0. The summed E-state index contributed by atoms with van der Waals surface area (Å²) in [4.78, 5) is 18.1. The number of aromatic amines is 1. The average Bonchev–Trinajstić information content (AvgIpc) is 3.26. The first-order chi connectivity index (χ1) is 14.3. The minimum Gasteiger partial charge on any atom is -0.278 e. The van der Waals surface area contributed by atoms with Crippen LogP contribution in [0.4, 0.5) is 0 Å². The van der Waals surface area contributed by atoms with Crippen LogP contribution in [0, 0.1) is 0 Å². The standard InChI is InChI=1S/C23H14N6/c1-3-19(15-2-4-20-17(7-15)12-27-29-20)28-23-13-26-22(9-16(1)23)21-8-14-5-6-24-10-18(14)11-25-21/h1-13H,(H,27,29). The van der Waals surface area contributed by atoms with Crippen LogP contribution in [-0.2, 0) is 0 Å². The van der Waals surface area contributed by atoms with Crippen LogP contribution in [0.3, 0.4) is 0 Å². The summed E-state index contributed by atoms with van der Waals surface area (Å²) in [5.74, 6) is 0. The van der Waals surface area contributed by atoms with Crippen molar-refractivity contribution in [3.05, 3.63) is 79.5 Å². The van der Waals surface area contributed by atoms with Crippen molar-refractivity contribution in [2.75, 3.05) is 0 Å². The van der Waals surface area contributed by atoms with Crippen LogP contribution >= 0.6 is 0 Å². The first-order valence-electron chi connectivity index (χ1n) is 9.24. The highest BCUT2D eigenvalue weighted by atomic mass is 15.1. The van der Waals surface area contributed by atoms with E-state index in [2.05, 4.69) is 37.3 Å². The van der Waals surface area contributed by atoms with Gasteiger partial charge < -0.3 is 0 Å².